The molecule has 0 unspecified atom stereocenters. The van der Waals surface area contributed by atoms with Gasteiger partial charge in [-0.15, -0.1) is 0 Å². The van der Waals surface area contributed by atoms with Crippen molar-refractivity contribution in [1.82, 2.24) is 14.6 Å². The summed E-state index contributed by atoms with van der Waals surface area (Å²) in [7, 11) is 0. The van der Waals surface area contributed by atoms with Crippen LogP contribution in [0.25, 0.3) is 16.9 Å². The van der Waals surface area contributed by atoms with Crippen LogP contribution in [0.5, 0.6) is 0 Å². The number of fused-ring (bicyclic) bond motifs is 1. The molecule has 3 heterocycles. The number of hydrogen-bond acceptors (Lipinski definition) is 4. The minimum atomic E-state index is -0.319. The van der Waals surface area contributed by atoms with E-state index in [2.05, 4.69) is 10.1 Å². The number of benzene rings is 1. The molecule has 1 N–H and O–H groups in total. The summed E-state index contributed by atoms with van der Waals surface area (Å²) < 4.78 is 15.7. The molecule has 0 atom stereocenters. The molecule has 0 radical (unpaired) electrons. The summed E-state index contributed by atoms with van der Waals surface area (Å²) in [6, 6.07) is 10.2. The van der Waals surface area contributed by atoms with Crippen molar-refractivity contribution in [2.75, 3.05) is 18.0 Å². The van der Waals surface area contributed by atoms with Crippen LogP contribution in [-0.4, -0.2) is 38.9 Å². The minimum Gasteiger partial charge on any atom is -0.389 e. The van der Waals surface area contributed by atoms with Gasteiger partial charge < -0.3 is 10.0 Å². The molecule has 4 rings (SSSR count). The van der Waals surface area contributed by atoms with E-state index in [1.54, 1.807) is 35.0 Å². The monoisotopic (exact) mass is 284 g/mol. The highest BCUT2D eigenvalue weighted by molar-refractivity contribution is 5.67. The largest absolute Gasteiger partial charge is 0.389 e. The zero-order valence-corrected chi connectivity index (χ0v) is 11.1. The number of aliphatic hydroxyl groups excluding tert-OH is 1. The average Bonchev–Trinajstić information content (AvgIpc) is 2.92. The Morgan fingerprint density at radius 1 is 1.19 bits per heavy atom. The lowest BCUT2D eigenvalue weighted by molar-refractivity contribution is 0.141. The van der Waals surface area contributed by atoms with Crippen LogP contribution >= 0.6 is 0 Å². The number of anilines is 1. The van der Waals surface area contributed by atoms with Crippen LogP contribution in [0, 0.1) is 5.82 Å². The molecule has 0 spiro atoms. The van der Waals surface area contributed by atoms with Gasteiger partial charge >= 0.3 is 0 Å². The second kappa shape index (κ2) is 4.53. The Bertz CT molecular complexity index is 810. The van der Waals surface area contributed by atoms with Crippen molar-refractivity contribution in [3.05, 3.63) is 48.4 Å². The van der Waals surface area contributed by atoms with E-state index in [1.807, 2.05) is 11.0 Å². The van der Waals surface area contributed by atoms with E-state index in [-0.39, 0.29) is 11.9 Å². The van der Waals surface area contributed by atoms with Crippen LogP contribution in [0.1, 0.15) is 0 Å². The van der Waals surface area contributed by atoms with E-state index in [9.17, 15) is 9.50 Å². The van der Waals surface area contributed by atoms with Gasteiger partial charge in [0.2, 0.25) is 0 Å². The lowest BCUT2D eigenvalue weighted by Crippen LogP contribution is -2.51. The maximum atomic E-state index is 14.0. The fourth-order valence-corrected chi connectivity index (χ4v) is 2.57. The van der Waals surface area contributed by atoms with Crippen LogP contribution in [0.15, 0.2) is 42.6 Å². The molecule has 1 aliphatic rings. The zero-order valence-electron chi connectivity index (χ0n) is 11.1. The van der Waals surface area contributed by atoms with E-state index < -0.39 is 0 Å². The summed E-state index contributed by atoms with van der Waals surface area (Å²) in [5, 5.41) is 13.7. The molecule has 1 aromatic carbocycles. The number of β-amino-alcohol motifs (C(OH)–C–C–N with tert-alkyl or cyclic N) is 1. The second-order valence-corrected chi connectivity index (χ2v) is 5.14. The van der Waals surface area contributed by atoms with Gasteiger partial charge in [-0.3, -0.25) is 0 Å². The molecule has 3 aromatic rings. The lowest BCUT2D eigenvalue weighted by atomic mass is 10.1. The lowest BCUT2D eigenvalue weighted by Gasteiger charge is -2.37. The first-order chi connectivity index (χ1) is 10.2. The van der Waals surface area contributed by atoms with Crippen molar-refractivity contribution in [2.45, 2.75) is 6.10 Å². The zero-order chi connectivity index (χ0) is 14.4. The Morgan fingerprint density at radius 2 is 2.00 bits per heavy atom. The minimum absolute atomic E-state index is 0.302. The van der Waals surface area contributed by atoms with Gasteiger partial charge in [-0.05, 0) is 12.1 Å². The predicted molar refractivity (Wildman–Crippen MR) is 76.6 cm³/mol. The Hall–Kier alpha value is -2.47. The predicted octanol–water partition coefficient (Wildman–Crippen LogP) is 1.72. The molecule has 21 heavy (non-hydrogen) atoms. The molecule has 5 nitrogen and oxygen atoms in total. The molecular weight excluding hydrogens is 271 g/mol. The van der Waals surface area contributed by atoms with Gasteiger partial charge in [0, 0.05) is 30.8 Å². The number of aliphatic hydroxyl groups is 1. The smallest absolute Gasteiger partial charge is 0.157 e. The Balaban J connectivity index is 1.89. The first kappa shape index (κ1) is 12.3. The van der Waals surface area contributed by atoms with Gasteiger partial charge in [0.05, 0.1) is 18.0 Å². The van der Waals surface area contributed by atoms with Gasteiger partial charge in [-0.2, -0.15) is 9.61 Å². The molecule has 106 valence electrons. The van der Waals surface area contributed by atoms with Crippen molar-refractivity contribution < 1.29 is 9.50 Å². The fraction of sp³-hybridized carbons (Fsp3) is 0.200. The third-order valence-corrected chi connectivity index (χ3v) is 3.68. The van der Waals surface area contributed by atoms with Crippen LogP contribution in [-0.2, 0) is 0 Å². The molecule has 0 aliphatic carbocycles. The van der Waals surface area contributed by atoms with Crippen molar-refractivity contribution in [3.63, 3.8) is 0 Å². The Morgan fingerprint density at radius 3 is 2.76 bits per heavy atom. The van der Waals surface area contributed by atoms with E-state index in [0.717, 1.165) is 5.82 Å². The standard InChI is InChI=1S/C15H13FN4O/c16-12-4-2-1-3-11(12)13-7-15(19-8-10(21)9-19)20-14(18-13)5-6-17-20/h1-7,10,21H,8-9H2. The van der Waals surface area contributed by atoms with Crippen LogP contribution in [0.3, 0.4) is 0 Å². The normalized spacial score (nSPS) is 15.4. The molecule has 2 aromatic heterocycles. The third kappa shape index (κ3) is 1.95. The third-order valence-electron chi connectivity index (χ3n) is 3.68. The first-order valence-corrected chi connectivity index (χ1v) is 6.75. The van der Waals surface area contributed by atoms with Crippen LogP contribution < -0.4 is 4.90 Å². The van der Waals surface area contributed by atoms with Crippen LogP contribution in [0.2, 0.25) is 0 Å². The van der Waals surface area contributed by atoms with E-state index in [0.29, 0.717) is 30.0 Å². The molecule has 6 heteroatoms. The maximum Gasteiger partial charge on any atom is 0.157 e. The highest BCUT2D eigenvalue weighted by Crippen LogP contribution is 2.28. The van der Waals surface area contributed by atoms with Gasteiger partial charge in [0.15, 0.2) is 5.65 Å². The summed E-state index contributed by atoms with van der Waals surface area (Å²) in [6.07, 6.45) is 1.34. The van der Waals surface area contributed by atoms with Crippen LogP contribution in [0.4, 0.5) is 10.2 Å². The van der Waals surface area contributed by atoms with Crippen molar-refractivity contribution >= 4 is 11.5 Å². The average molecular weight is 284 g/mol. The SMILES string of the molecule is OC1CN(c2cc(-c3ccccc3F)nc3ccnn23)C1. The summed E-state index contributed by atoms with van der Waals surface area (Å²) in [5.41, 5.74) is 1.69. The van der Waals surface area contributed by atoms with Gasteiger partial charge in [0.25, 0.3) is 0 Å². The highest BCUT2D eigenvalue weighted by atomic mass is 19.1. The molecular formula is C15H13FN4O. The van der Waals surface area contributed by atoms with Gasteiger partial charge in [0.1, 0.15) is 11.6 Å². The number of nitrogens with zero attached hydrogens (tertiary/aromatic N) is 4. The molecule has 0 amide bonds. The molecule has 0 bridgehead atoms. The summed E-state index contributed by atoms with van der Waals surface area (Å²) in [4.78, 5) is 6.45. The summed E-state index contributed by atoms with van der Waals surface area (Å²) >= 11 is 0. The van der Waals surface area contributed by atoms with Crippen molar-refractivity contribution in [2.24, 2.45) is 0 Å². The van der Waals surface area contributed by atoms with Crippen molar-refractivity contribution in [3.8, 4) is 11.3 Å². The topological polar surface area (TPSA) is 53.7 Å². The fourth-order valence-electron chi connectivity index (χ4n) is 2.57. The highest BCUT2D eigenvalue weighted by Gasteiger charge is 2.27. The van der Waals surface area contributed by atoms with E-state index in [1.165, 1.54) is 6.07 Å². The van der Waals surface area contributed by atoms with E-state index >= 15 is 0 Å². The quantitative estimate of drug-likeness (QED) is 0.778. The van der Waals surface area contributed by atoms with E-state index in [4.69, 9.17) is 0 Å². The Labute approximate surface area is 120 Å². The van der Waals surface area contributed by atoms with Gasteiger partial charge in [-0.25, -0.2) is 9.37 Å². The molecule has 0 saturated carbocycles. The molecule has 1 aliphatic heterocycles. The second-order valence-electron chi connectivity index (χ2n) is 5.14. The van der Waals surface area contributed by atoms with Gasteiger partial charge in [-0.1, -0.05) is 12.1 Å². The summed E-state index contributed by atoms with van der Waals surface area (Å²) in [5.74, 6) is 0.511. The Kier molecular flexibility index (Phi) is 2.65. The number of halogens is 1. The first-order valence-electron chi connectivity index (χ1n) is 6.75. The van der Waals surface area contributed by atoms with Crippen molar-refractivity contribution in [1.29, 1.82) is 0 Å². The molecule has 1 fully saturated rings. The number of aromatic nitrogens is 3. The summed E-state index contributed by atoms with van der Waals surface area (Å²) in [6.45, 7) is 1.10. The number of hydrogen-bond donors (Lipinski definition) is 1. The maximum absolute atomic E-state index is 14.0. The number of rotatable bonds is 2. The molecule has 1 saturated heterocycles.